The number of rotatable bonds is 7. The lowest BCUT2D eigenvalue weighted by Gasteiger charge is -2.24. The first-order chi connectivity index (χ1) is 9.85. The van der Waals surface area contributed by atoms with Gasteiger partial charge in [-0.3, -0.25) is 9.59 Å². The molecule has 116 valence electrons. The molecule has 0 heterocycles. The molecule has 0 fully saturated rings. The summed E-state index contributed by atoms with van der Waals surface area (Å²) < 4.78 is 0. The van der Waals surface area contributed by atoms with Crippen LogP contribution in [0, 0.1) is 5.41 Å². The fraction of sp³-hybridized carbons (Fsp3) is 0.500. The Morgan fingerprint density at radius 3 is 2.43 bits per heavy atom. The molecule has 0 aliphatic heterocycles. The summed E-state index contributed by atoms with van der Waals surface area (Å²) in [6.07, 6.45) is 0.617. The van der Waals surface area contributed by atoms with Gasteiger partial charge in [0.1, 0.15) is 0 Å². The van der Waals surface area contributed by atoms with Gasteiger partial charge in [0.15, 0.2) is 0 Å². The van der Waals surface area contributed by atoms with Crippen LogP contribution in [0.5, 0.6) is 0 Å². The van der Waals surface area contributed by atoms with Crippen LogP contribution in [0.2, 0.25) is 0 Å². The van der Waals surface area contributed by atoms with Gasteiger partial charge in [0.2, 0.25) is 5.91 Å². The quantitative estimate of drug-likeness (QED) is 0.795. The molecule has 1 aromatic rings. The molecule has 1 rings (SSSR count). The Balaban J connectivity index is 2.46. The first-order valence-corrected chi connectivity index (χ1v) is 7.04. The van der Waals surface area contributed by atoms with Crippen LogP contribution in [-0.2, 0) is 4.79 Å². The lowest BCUT2D eigenvalue weighted by atomic mass is 9.90. The third-order valence-electron chi connectivity index (χ3n) is 3.30. The molecule has 0 aliphatic rings. The summed E-state index contributed by atoms with van der Waals surface area (Å²) in [5, 5.41) is 11.7. The van der Waals surface area contributed by atoms with Gasteiger partial charge in [0, 0.05) is 25.8 Å². The average Bonchev–Trinajstić information content (AvgIpc) is 2.45. The number of carbonyl (C=O) groups excluding carboxylic acids is 2. The number of likely N-dealkylation sites (N-methyl/N-ethyl adjacent to an activating group) is 1. The Kier molecular flexibility index (Phi) is 6.37. The Bertz CT molecular complexity index is 472. The van der Waals surface area contributed by atoms with Crippen LogP contribution in [-0.4, -0.2) is 48.6 Å². The Labute approximate surface area is 126 Å². The summed E-state index contributed by atoms with van der Waals surface area (Å²) >= 11 is 0. The summed E-state index contributed by atoms with van der Waals surface area (Å²) in [7, 11) is 1.60. The summed E-state index contributed by atoms with van der Waals surface area (Å²) in [6, 6.07) is 8.87. The third-order valence-corrected chi connectivity index (χ3v) is 3.30. The first-order valence-electron chi connectivity index (χ1n) is 7.04. The second-order valence-electron chi connectivity index (χ2n) is 5.94. The summed E-state index contributed by atoms with van der Waals surface area (Å²) in [4.78, 5) is 25.4. The smallest absolute Gasteiger partial charge is 0.254 e. The second-order valence-corrected chi connectivity index (χ2v) is 5.94. The van der Waals surface area contributed by atoms with E-state index in [1.54, 1.807) is 31.3 Å². The van der Waals surface area contributed by atoms with E-state index >= 15 is 0 Å². The highest BCUT2D eigenvalue weighted by atomic mass is 16.3. The number of nitrogens with zero attached hydrogens (tertiary/aromatic N) is 1. The number of benzene rings is 1. The van der Waals surface area contributed by atoms with Crippen molar-refractivity contribution in [3.05, 3.63) is 35.9 Å². The molecule has 5 heteroatoms. The molecule has 0 saturated heterocycles. The van der Waals surface area contributed by atoms with Crippen molar-refractivity contribution in [1.29, 1.82) is 0 Å². The zero-order valence-electron chi connectivity index (χ0n) is 12.9. The summed E-state index contributed by atoms with van der Waals surface area (Å²) in [5.41, 5.74) is 0.403. The molecule has 0 saturated carbocycles. The number of nitrogens with one attached hydrogen (secondary N) is 1. The molecule has 5 nitrogen and oxygen atoms in total. The summed E-state index contributed by atoms with van der Waals surface area (Å²) in [6.45, 7) is 4.53. The van der Waals surface area contributed by atoms with Gasteiger partial charge in [-0.1, -0.05) is 32.0 Å². The van der Waals surface area contributed by atoms with Crippen LogP contribution in [0.3, 0.4) is 0 Å². The molecule has 2 N–H and O–H groups in total. The van der Waals surface area contributed by atoms with E-state index in [0.29, 0.717) is 18.5 Å². The van der Waals surface area contributed by atoms with E-state index in [1.807, 2.05) is 19.9 Å². The standard InChI is InChI=1S/C16H24N2O3/c1-16(2,9-10-19)12-17-14(20)11-18(3)15(21)13-7-5-4-6-8-13/h4-8,19H,9-12H2,1-3H3,(H,17,20). The topological polar surface area (TPSA) is 69.6 Å². The third kappa shape index (κ3) is 5.95. The lowest BCUT2D eigenvalue weighted by Crippen LogP contribution is -2.41. The van der Waals surface area contributed by atoms with E-state index in [4.69, 9.17) is 5.11 Å². The predicted molar refractivity (Wildman–Crippen MR) is 81.9 cm³/mol. The molecule has 1 aromatic carbocycles. The molecule has 0 atom stereocenters. The first kappa shape index (κ1) is 17.2. The Morgan fingerprint density at radius 2 is 1.86 bits per heavy atom. The van der Waals surface area contributed by atoms with Gasteiger partial charge in [-0.2, -0.15) is 0 Å². The minimum Gasteiger partial charge on any atom is -0.396 e. The maximum absolute atomic E-state index is 12.1. The van der Waals surface area contributed by atoms with Crippen LogP contribution < -0.4 is 5.32 Å². The van der Waals surface area contributed by atoms with E-state index in [-0.39, 0.29) is 30.4 Å². The van der Waals surface area contributed by atoms with Gasteiger partial charge in [0.05, 0.1) is 6.54 Å². The monoisotopic (exact) mass is 292 g/mol. The second kappa shape index (κ2) is 7.78. The van der Waals surface area contributed by atoms with E-state index in [1.165, 1.54) is 4.90 Å². The van der Waals surface area contributed by atoms with Crippen LogP contribution >= 0.6 is 0 Å². The average molecular weight is 292 g/mol. The van der Waals surface area contributed by atoms with E-state index in [0.717, 1.165) is 0 Å². The van der Waals surface area contributed by atoms with Gasteiger partial charge < -0.3 is 15.3 Å². The normalized spacial score (nSPS) is 11.0. The van der Waals surface area contributed by atoms with E-state index in [9.17, 15) is 9.59 Å². The van der Waals surface area contributed by atoms with E-state index < -0.39 is 0 Å². The van der Waals surface area contributed by atoms with Crippen molar-refractivity contribution in [1.82, 2.24) is 10.2 Å². The molecule has 0 radical (unpaired) electrons. The Hall–Kier alpha value is -1.88. The van der Waals surface area contributed by atoms with Crippen molar-refractivity contribution >= 4 is 11.8 Å². The molecular weight excluding hydrogens is 268 g/mol. The highest BCUT2D eigenvalue weighted by Crippen LogP contribution is 2.17. The van der Waals surface area contributed by atoms with Crippen molar-refractivity contribution in [2.75, 3.05) is 26.7 Å². The van der Waals surface area contributed by atoms with Crippen molar-refractivity contribution in [3.8, 4) is 0 Å². The fourth-order valence-corrected chi connectivity index (χ4v) is 1.87. The SMILES string of the molecule is CN(CC(=O)NCC(C)(C)CCO)C(=O)c1ccccc1. The number of carbonyl (C=O) groups is 2. The zero-order chi connectivity index (χ0) is 15.9. The minimum absolute atomic E-state index is 0.0168. The molecule has 0 aromatic heterocycles. The number of aliphatic hydroxyl groups excluding tert-OH is 1. The van der Waals surface area contributed by atoms with Crippen LogP contribution in [0.1, 0.15) is 30.6 Å². The van der Waals surface area contributed by atoms with Gasteiger partial charge >= 0.3 is 0 Å². The van der Waals surface area contributed by atoms with Gasteiger partial charge in [-0.15, -0.1) is 0 Å². The maximum Gasteiger partial charge on any atom is 0.254 e. The minimum atomic E-state index is -0.201. The number of amides is 2. The zero-order valence-corrected chi connectivity index (χ0v) is 12.9. The van der Waals surface area contributed by atoms with Crippen LogP contribution in [0.25, 0.3) is 0 Å². The molecule has 0 aliphatic carbocycles. The molecular formula is C16H24N2O3. The van der Waals surface area contributed by atoms with Crippen molar-refractivity contribution < 1.29 is 14.7 Å². The molecule has 0 bridgehead atoms. The molecule has 0 spiro atoms. The van der Waals surface area contributed by atoms with Crippen molar-refractivity contribution in [2.45, 2.75) is 20.3 Å². The molecule has 2 amide bonds. The van der Waals surface area contributed by atoms with Gasteiger partial charge in [0.25, 0.3) is 5.91 Å². The van der Waals surface area contributed by atoms with Gasteiger partial charge in [-0.25, -0.2) is 0 Å². The Morgan fingerprint density at radius 1 is 1.24 bits per heavy atom. The largest absolute Gasteiger partial charge is 0.396 e. The maximum atomic E-state index is 12.1. The lowest BCUT2D eigenvalue weighted by molar-refractivity contribution is -0.122. The van der Waals surface area contributed by atoms with Crippen molar-refractivity contribution in [3.63, 3.8) is 0 Å². The van der Waals surface area contributed by atoms with E-state index in [2.05, 4.69) is 5.32 Å². The predicted octanol–water partition coefficient (Wildman–Crippen LogP) is 1.28. The molecule has 0 unspecified atom stereocenters. The highest BCUT2D eigenvalue weighted by molar-refractivity contribution is 5.96. The van der Waals surface area contributed by atoms with Crippen LogP contribution in [0.4, 0.5) is 0 Å². The number of hydrogen-bond donors (Lipinski definition) is 2. The number of aliphatic hydroxyl groups is 1. The fourth-order valence-electron chi connectivity index (χ4n) is 1.87. The van der Waals surface area contributed by atoms with Crippen molar-refractivity contribution in [2.24, 2.45) is 5.41 Å². The van der Waals surface area contributed by atoms with Crippen LogP contribution in [0.15, 0.2) is 30.3 Å². The number of hydrogen-bond acceptors (Lipinski definition) is 3. The van der Waals surface area contributed by atoms with Gasteiger partial charge in [-0.05, 0) is 24.0 Å². The molecule has 21 heavy (non-hydrogen) atoms. The summed E-state index contributed by atoms with van der Waals surface area (Å²) in [5.74, 6) is -0.381. The highest BCUT2D eigenvalue weighted by Gasteiger charge is 2.19.